The van der Waals surface area contributed by atoms with Gasteiger partial charge in [-0.05, 0) is 24.9 Å². The highest BCUT2D eigenvalue weighted by Crippen LogP contribution is 2.31. The first kappa shape index (κ1) is 13.5. The number of imide groups is 1. The molecule has 3 amide bonds. The van der Waals surface area contributed by atoms with Gasteiger partial charge in [0.1, 0.15) is 0 Å². The molecular formula is C14H19N3O2. The van der Waals surface area contributed by atoms with Crippen LogP contribution in [-0.4, -0.2) is 37.0 Å². The van der Waals surface area contributed by atoms with E-state index in [1.165, 1.54) is 12.6 Å². The molecule has 0 spiro atoms. The van der Waals surface area contributed by atoms with Crippen LogP contribution >= 0.6 is 0 Å². The van der Waals surface area contributed by atoms with Crippen molar-refractivity contribution in [2.24, 2.45) is 0 Å². The number of likely N-dealkylation sites (tertiary alicyclic amines) is 1. The molecule has 1 aromatic rings. The van der Waals surface area contributed by atoms with Crippen LogP contribution in [0.15, 0.2) is 30.3 Å². The van der Waals surface area contributed by atoms with Crippen molar-refractivity contribution < 1.29 is 9.59 Å². The molecule has 0 aliphatic carbocycles. The lowest BCUT2D eigenvalue weighted by molar-refractivity contribution is -0.121. The normalized spacial score (nSPS) is 19.1. The first-order valence-electron chi connectivity index (χ1n) is 6.51. The number of urea groups is 1. The molecule has 0 saturated carbocycles. The number of hydrogen-bond donors (Lipinski definition) is 2. The molecule has 1 aromatic carbocycles. The molecule has 1 aliphatic rings. The second kappa shape index (κ2) is 6.33. The fourth-order valence-electron chi connectivity index (χ4n) is 2.48. The van der Waals surface area contributed by atoms with Crippen molar-refractivity contribution in [2.75, 3.05) is 20.1 Å². The number of rotatable bonds is 3. The summed E-state index contributed by atoms with van der Waals surface area (Å²) < 4.78 is 0. The molecule has 1 unspecified atom stereocenters. The van der Waals surface area contributed by atoms with Crippen LogP contribution in [0.3, 0.4) is 0 Å². The van der Waals surface area contributed by atoms with E-state index in [2.05, 4.69) is 27.7 Å². The summed E-state index contributed by atoms with van der Waals surface area (Å²) in [6.45, 7) is 1.15. The zero-order chi connectivity index (χ0) is 13.7. The van der Waals surface area contributed by atoms with Crippen molar-refractivity contribution in [1.29, 1.82) is 0 Å². The highest BCUT2D eigenvalue weighted by molar-refractivity contribution is 5.95. The zero-order valence-electron chi connectivity index (χ0n) is 11.1. The maximum absolute atomic E-state index is 11.7. The van der Waals surface area contributed by atoms with Crippen LogP contribution in [0.1, 0.15) is 24.4 Å². The topological polar surface area (TPSA) is 61.4 Å². The third-order valence-corrected chi connectivity index (χ3v) is 3.37. The van der Waals surface area contributed by atoms with Gasteiger partial charge >= 0.3 is 6.03 Å². The van der Waals surface area contributed by atoms with Gasteiger partial charge in [-0.3, -0.25) is 15.0 Å². The van der Waals surface area contributed by atoms with E-state index >= 15 is 0 Å². The van der Waals surface area contributed by atoms with Gasteiger partial charge in [0.2, 0.25) is 5.91 Å². The lowest BCUT2D eigenvalue weighted by atomic mass is 10.0. The van der Waals surface area contributed by atoms with E-state index in [0.717, 1.165) is 19.4 Å². The molecule has 0 aromatic heterocycles. The summed E-state index contributed by atoms with van der Waals surface area (Å²) in [5.41, 5.74) is 1.23. The molecular weight excluding hydrogens is 242 g/mol. The molecule has 2 N–H and O–H groups in total. The number of hydrogen-bond acceptors (Lipinski definition) is 3. The van der Waals surface area contributed by atoms with E-state index in [1.54, 1.807) is 0 Å². The Kier molecular flexibility index (Phi) is 4.52. The number of benzene rings is 1. The summed E-state index contributed by atoms with van der Waals surface area (Å²) in [6, 6.07) is 9.99. The van der Waals surface area contributed by atoms with Gasteiger partial charge in [-0.1, -0.05) is 30.3 Å². The van der Waals surface area contributed by atoms with E-state index in [1.807, 2.05) is 18.2 Å². The first-order valence-corrected chi connectivity index (χ1v) is 6.51. The van der Waals surface area contributed by atoms with Gasteiger partial charge < -0.3 is 5.32 Å². The van der Waals surface area contributed by atoms with Gasteiger partial charge in [0.05, 0.1) is 6.54 Å². The fraction of sp³-hybridized carbons (Fsp3) is 0.429. The van der Waals surface area contributed by atoms with Crippen LogP contribution in [0.25, 0.3) is 0 Å². The molecule has 5 nitrogen and oxygen atoms in total. The SMILES string of the molecule is CNC(=O)NC(=O)CN1CCCC1c1ccccc1. The van der Waals surface area contributed by atoms with Gasteiger partial charge in [0.25, 0.3) is 0 Å². The Labute approximate surface area is 113 Å². The van der Waals surface area contributed by atoms with Crippen molar-refractivity contribution in [3.8, 4) is 0 Å². The average molecular weight is 261 g/mol. The predicted molar refractivity (Wildman–Crippen MR) is 72.6 cm³/mol. The quantitative estimate of drug-likeness (QED) is 0.861. The summed E-state index contributed by atoms with van der Waals surface area (Å²) in [7, 11) is 1.49. The summed E-state index contributed by atoms with van der Waals surface area (Å²) >= 11 is 0. The van der Waals surface area contributed by atoms with Crippen molar-refractivity contribution in [3.05, 3.63) is 35.9 Å². The molecule has 0 radical (unpaired) electrons. The molecule has 5 heteroatoms. The van der Waals surface area contributed by atoms with Gasteiger partial charge in [0, 0.05) is 13.1 Å². The van der Waals surface area contributed by atoms with Crippen LogP contribution in [0.5, 0.6) is 0 Å². The van der Waals surface area contributed by atoms with Crippen LogP contribution < -0.4 is 10.6 Å². The minimum absolute atomic E-state index is 0.257. The number of nitrogens with one attached hydrogen (secondary N) is 2. The maximum atomic E-state index is 11.7. The van der Waals surface area contributed by atoms with Gasteiger partial charge in [0.15, 0.2) is 0 Å². The number of carbonyl (C=O) groups is 2. The van der Waals surface area contributed by atoms with E-state index in [0.29, 0.717) is 0 Å². The Balaban J connectivity index is 1.96. The summed E-state index contributed by atoms with van der Waals surface area (Å²) in [5, 5.41) is 4.67. The smallest absolute Gasteiger partial charge is 0.321 e. The fourth-order valence-corrected chi connectivity index (χ4v) is 2.48. The van der Waals surface area contributed by atoms with Crippen molar-refractivity contribution in [3.63, 3.8) is 0 Å². The number of nitrogens with zero attached hydrogens (tertiary/aromatic N) is 1. The molecule has 1 heterocycles. The summed E-state index contributed by atoms with van der Waals surface area (Å²) in [6.07, 6.45) is 2.13. The molecule has 1 aliphatic heterocycles. The van der Waals surface area contributed by atoms with Crippen LogP contribution in [0.4, 0.5) is 4.79 Å². The molecule has 1 fully saturated rings. The number of carbonyl (C=O) groups excluding carboxylic acids is 2. The molecule has 1 atom stereocenters. The highest BCUT2D eigenvalue weighted by Gasteiger charge is 2.27. The van der Waals surface area contributed by atoms with Gasteiger partial charge in [-0.15, -0.1) is 0 Å². The highest BCUT2D eigenvalue weighted by atomic mass is 16.2. The number of amides is 3. The minimum Gasteiger partial charge on any atom is -0.341 e. The van der Waals surface area contributed by atoms with E-state index in [4.69, 9.17) is 0 Å². The predicted octanol–water partition coefficient (Wildman–Crippen LogP) is 1.28. The lowest BCUT2D eigenvalue weighted by Crippen LogP contribution is -2.43. The summed E-state index contributed by atoms with van der Waals surface area (Å²) in [5.74, 6) is -0.262. The Morgan fingerprint density at radius 2 is 2.05 bits per heavy atom. The first-order chi connectivity index (χ1) is 9.20. The molecule has 19 heavy (non-hydrogen) atoms. The van der Waals surface area contributed by atoms with Crippen LogP contribution in [0, 0.1) is 0 Å². The molecule has 102 valence electrons. The Morgan fingerprint density at radius 1 is 1.32 bits per heavy atom. The Bertz CT molecular complexity index is 447. The largest absolute Gasteiger partial charge is 0.341 e. The van der Waals surface area contributed by atoms with E-state index in [9.17, 15) is 9.59 Å². The van der Waals surface area contributed by atoms with Crippen molar-refractivity contribution >= 4 is 11.9 Å². The van der Waals surface area contributed by atoms with Crippen molar-refractivity contribution in [2.45, 2.75) is 18.9 Å². The van der Waals surface area contributed by atoms with Gasteiger partial charge in [-0.2, -0.15) is 0 Å². The monoisotopic (exact) mass is 261 g/mol. The van der Waals surface area contributed by atoms with Gasteiger partial charge in [-0.25, -0.2) is 4.79 Å². The zero-order valence-corrected chi connectivity index (χ0v) is 11.1. The van der Waals surface area contributed by atoms with Crippen LogP contribution in [0.2, 0.25) is 0 Å². The standard InChI is InChI=1S/C14H19N3O2/c1-15-14(19)16-13(18)10-17-9-5-8-12(17)11-6-3-2-4-7-11/h2-4,6-7,12H,5,8-10H2,1H3,(H2,15,16,18,19). The van der Waals surface area contributed by atoms with Crippen molar-refractivity contribution in [1.82, 2.24) is 15.5 Å². The van der Waals surface area contributed by atoms with E-state index < -0.39 is 6.03 Å². The molecule has 1 saturated heterocycles. The van der Waals surface area contributed by atoms with E-state index in [-0.39, 0.29) is 18.5 Å². The Hall–Kier alpha value is -1.88. The lowest BCUT2D eigenvalue weighted by Gasteiger charge is -2.23. The third kappa shape index (κ3) is 3.54. The van der Waals surface area contributed by atoms with Crippen LogP contribution in [-0.2, 0) is 4.79 Å². The minimum atomic E-state index is -0.458. The average Bonchev–Trinajstić information content (AvgIpc) is 2.87. The second-order valence-electron chi connectivity index (χ2n) is 4.67. The summed E-state index contributed by atoms with van der Waals surface area (Å²) in [4.78, 5) is 24.9. The second-order valence-corrected chi connectivity index (χ2v) is 4.67. The Morgan fingerprint density at radius 3 is 2.74 bits per heavy atom. The maximum Gasteiger partial charge on any atom is 0.321 e. The molecule has 0 bridgehead atoms. The molecule has 2 rings (SSSR count). The third-order valence-electron chi connectivity index (χ3n) is 3.37.